The second kappa shape index (κ2) is 12.8. The summed E-state index contributed by atoms with van der Waals surface area (Å²) in [5.74, 6) is 8.65. The molecule has 3 heterocycles. The first-order chi connectivity index (χ1) is 19.5. The van der Waals surface area contributed by atoms with E-state index in [0.717, 1.165) is 31.4 Å². The normalized spacial score (nSPS) is 18.3. The van der Waals surface area contributed by atoms with Gasteiger partial charge in [-0.2, -0.15) is 0 Å². The van der Waals surface area contributed by atoms with Crippen LogP contribution in [0.2, 0.25) is 5.02 Å². The van der Waals surface area contributed by atoms with Gasteiger partial charge in [-0.1, -0.05) is 23.4 Å². The fourth-order valence-electron chi connectivity index (χ4n) is 4.94. The van der Waals surface area contributed by atoms with Gasteiger partial charge in [-0.25, -0.2) is 9.97 Å². The molecule has 1 fully saturated rings. The first-order valence-corrected chi connectivity index (χ1v) is 13.5. The van der Waals surface area contributed by atoms with Gasteiger partial charge in [-0.05, 0) is 32.4 Å². The summed E-state index contributed by atoms with van der Waals surface area (Å²) in [6.45, 7) is 7.94. The summed E-state index contributed by atoms with van der Waals surface area (Å²) in [5, 5.41) is 4.45. The topological polar surface area (TPSA) is 96.4 Å². The van der Waals surface area contributed by atoms with Gasteiger partial charge in [0.1, 0.15) is 24.4 Å². The van der Waals surface area contributed by atoms with Crippen LogP contribution in [0.4, 0.5) is 11.5 Å². The van der Waals surface area contributed by atoms with Crippen molar-refractivity contribution in [1.29, 1.82) is 0 Å². The van der Waals surface area contributed by atoms with Crippen molar-refractivity contribution < 1.29 is 28.4 Å². The van der Waals surface area contributed by atoms with E-state index in [1.165, 1.54) is 6.33 Å². The van der Waals surface area contributed by atoms with Crippen molar-refractivity contribution in [2.24, 2.45) is 0 Å². The zero-order valence-electron chi connectivity index (χ0n) is 23.1. The smallest absolute Gasteiger partial charge is 0.231 e. The van der Waals surface area contributed by atoms with E-state index in [4.69, 9.17) is 40.0 Å². The molecule has 1 aromatic heterocycles. The summed E-state index contributed by atoms with van der Waals surface area (Å²) in [6.07, 6.45) is 2.86. The molecule has 2 aliphatic heterocycles. The van der Waals surface area contributed by atoms with Gasteiger partial charge >= 0.3 is 0 Å². The standard InChI is InChI=1S/C29H33ClN4O6/c1-18-14-34(15-19(2)40-18)8-6-10-37-25-13-23-21(12-24(25)36-4)29(32-16-31-23)33-26-22(30)11-20(7-5-9-35-3)27-28(26)39-17-38-27/h11-13,16,18-19H,6,8-10,14-15,17H2,1-4H3,(H,31,32,33)/t18-,19+. The number of anilines is 2. The number of aromatic nitrogens is 2. The van der Waals surface area contributed by atoms with E-state index >= 15 is 0 Å². The van der Waals surface area contributed by atoms with Gasteiger partial charge in [0.2, 0.25) is 6.79 Å². The molecule has 212 valence electrons. The Kier molecular flexibility index (Phi) is 8.97. The molecule has 0 saturated carbocycles. The van der Waals surface area contributed by atoms with E-state index < -0.39 is 0 Å². The van der Waals surface area contributed by atoms with Gasteiger partial charge in [-0.3, -0.25) is 4.90 Å². The molecule has 0 unspecified atom stereocenters. The first-order valence-electron chi connectivity index (χ1n) is 13.2. The number of rotatable bonds is 9. The summed E-state index contributed by atoms with van der Waals surface area (Å²) in [6, 6.07) is 5.45. The lowest BCUT2D eigenvalue weighted by Gasteiger charge is -2.35. The van der Waals surface area contributed by atoms with Crippen LogP contribution in [0.1, 0.15) is 25.8 Å². The summed E-state index contributed by atoms with van der Waals surface area (Å²) < 4.78 is 34.1. The lowest BCUT2D eigenvalue weighted by molar-refractivity contribution is -0.0686. The van der Waals surface area contributed by atoms with E-state index in [0.29, 0.717) is 63.8 Å². The number of methoxy groups -OCH3 is 2. The Morgan fingerprint density at radius 1 is 1.07 bits per heavy atom. The van der Waals surface area contributed by atoms with Gasteiger partial charge in [0, 0.05) is 38.2 Å². The molecule has 5 rings (SSSR count). The van der Waals surface area contributed by atoms with Crippen molar-refractivity contribution in [3.63, 3.8) is 0 Å². The third-order valence-corrected chi connectivity index (χ3v) is 6.87. The molecule has 3 aromatic rings. The Morgan fingerprint density at radius 3 is 2.65 bits per heavy atom. The lowest BCUT2D eigenvalue weighted by atomic mass is 10.1. The minimum atomic E-state index is 0.0615. The molecule has 1 N–H and O–H groups in total. The largest absolute Gasteiger partial charge is 0.493 e. The molecular formula is C29H33ClN4O6. The van der Waals surface area contributed by atoms with Crippen molar-refractivity contribution in [3.8, 4) is 34.8 Å². The van der Waals surface area contributed by atoms with Crippen molar-refractivity contribution >= 4 is 34.0 Å². The van der Waals surface area contributed by atoms with E-state index in [2.05, 4.69) is 45.9 Å². The van der Waals surface area contributed by atoms with Gasteiger partial charge in [0.25, 0.3) is 0 Å². The number of halogens is 1. The Labute approximate surface area is 238 Å². The van der Waals surface area contributed by atoms with Crippen LogP contribution in [0.3, 0.4) is 0 Å². The SMILES string of the molecule is COCC#Cc1cc(Cl)c(Nc2ncnc3cc(OCCCN4C[C@@H](C)O[C@@H](C)C4)c(OC)cc23)c2c1OCO2. The van der Waals surface area contributed by atoms with Crippen molar-refractivity contribution in [1.82, 2.24) is 14.9 Å². The van der Waals surface area contributed by atoms with Crippen LogP contribution < -0.4 is 24.3 Å². The number of hydrogen-bond acceptors (Lipinski definition) is 10. The lowest BCUT2D eigenvalue weighted by Crippen LogP contribution is -2.45. The van der Waals surface area contributed by atoms with Crippen LogP contribution in [-0.2, 0) is 9.47 Å². The highest BCUT2D eigenvalue weighted by Crippen LogP contribution is 2.47. The molecule has 2 aliphatic rings. The molecule has 1 saturated heterocycles. The molecule has 10 nitrogen and oxygen atoms in total. The predicted molar refractivity (Wildman–Crippen MR) is 152 cm³/mol. The number of nitrogens with zero attached hydrogens (tertiary/aromatic N) is 3. The fourth-order valence-corrected chi connectivity index (χ4v) is 5.18. The van der Waals surface area contributed by atoms with Crippen LogP contribution in [-0.4, -0.2) is 80.9 Å². The first kappa shape index (κ1) is 28.1. The van der Waals surface area contributed by atoms with Crippen LogP contribution in [0.15, 0.2) is 24.5 Å². The van der Waals surface area contributed by atoms with Gasteiger partial charge < -0.3 is 33.7 Å². The number of fused-ring (bicyclic) bond motifs is 2. The highest BCUT2D eigenvalue weighted by atomic mass is 35.5. The average molecular weight is 569 g/mol. The number of ether oxygens (including phenoxy) is 6. The number of benzene rings is 2. The maximum Gasteiger partial charge on any atom is 0.231 e. The van der Waals surface area contributed by atoms with Crippen molar-refractivity contribution in [3.05, 3.63) is 35.1 Å². The summed E-state index contributed by atoms with van der Waals surface area (Å²) in [4.78, 5) is 11.3. The molecule has 0 spiro atoms. The molecule has 0 bridgehead atoms. The van der Waals surface area contributed by atoms with Crippen molar-refractivity contribution in [2.45, 2.75) is 32.5 Å². The predicted octanol–water partition coefficient (Wildman–Crippen LogP) is 4.64. The second-order valence-electron chi connectivity index (χ2n) is 9.67. The van der Waals surface area contributed by atoms with E-state index in [-0.39, 0.29) is 19.0 Å². The van der Waals surface area contributed by atoms with E-state index in [9.17, 15) is 0 Å². The van der Waals surface area contributed by atoms with E-state index in [1.807, 2.05) is 12.1 Å². The Morgan fingerprint density at radius 2 is 1.88 bits per heavy atom. The Hall–Kier alpha value is -3.49. The quantitative estimate of drug-likeness (QED) is 0.290. The number of nitrogens with one attached hydrogen (secondary N) is 1. The highest BCUT2D eigenvalue weighted by Gasteiger charge is 2.26. The monoisotopic (exact) mass is 568 g/mol. The minimum Gasteiger partial charge on any atom is -0.493 e. The summed E-state index contributed by atoms with van der Waals surface area (Å²) in [7, 11) is 3.20. The summed E-state index contributed by atoms with van der Waals surface area (Å²) in [5.41, 5.74) is 1.84. The third kappa shape index (κ3) is 6.29. The van der Waals surface area contributed by atoms with Crippen LogP contribution in [0.5, 0.6) is 23.0 Å². The number of morpholine rings is 1. The molecule has 2 atom stereocenters. The molecule has 0 radical (unpaired) electrons. The Bertz CT molecular complexity index is 1420. The molecule has 2 aromatic carbocycles. The molecule has 0 amide bonds. The zero-order chi connectivity index (χ0) is 28.1. The number of hydrogen-bond donors (Lipinski definition) is 1. The second-order valence-corrected chi connectivity index (χ2v) is 10.1. The maximum absolute atomic E-state index is 6.66. The summed E-state index contributed by atoms with van der Waals surface area (Å²) >= 11 is 6.66. The van der Waals surface area contributed by atoms with Crippen LogP contribution in [0.25, 0.3) is 10.9 Å². The van der Waals surface area contributed by atoms with Gasteiger partial charge in [0.05, 0.1) is 42.0 Å². The molecule has 0 aliphatic carbocycles. The zero-order valence-corrected chi connectivity index (χ0v) is 23.8. The van der Waals surface area contributed by atoms with E-state index in [1.54, 1.807) is 20.3 Å². The highest BCUT2D eigenvalue weighted by molar-refractivity contribution is 6.34. The van der Waals surface area contributed by atoms with Gasteiger partial charge in [-0.15, -0.1) is 0 Å². The average Bonchev–Trinajstić information content (AvgIpc) is 3.42. The maximum atomic E-state index is 6.66. The van der Waals surface area contributed by atoms with Crippen molar-refractivity contribution in [2.75, 3.05) is 59.2 Å². The molecular weight excluding hydrogens is 536 g/mol. The Balaban J connectivity index is 1.34. The molecule has 11 heteroatoms. The van der Waals surface area contributed by atoms with Crippen LogP contribution >= 0.6 is 11.6 Å². The minimum absolute atomic E-state index is 0.0615. The van der Waals surface area contributed by atoms with Crippen LogP contribution in [0, 0.1) is 11.8 Å². The molecule has 40 heavy (non-hydrogen) atoms. The fraction of sp³-hybridized carbons (Fsp3) is 0.448. The third-order valence-electron chi connectivity index (χ3n) is 6.57. The van der Waals surface area contributed by atoms with Gasteiger partial charge in [0.15, 0.2) is 23.0 Å².